The highest BCUT2D eigenvalue weighted by Crippen LogP contribution is 2.31. The van der Waals surface area contributed by atoms with Gasteiger partial charge in [0.15, 0.2) is 0 Å². The van der Waals surface area contributed by atoms with E-state index in [-0.39, 0.29) is 0 Å². The summed E-state index contributed by atoms with van der Waals surface area (Å²) in [5.41, 5.74) is 9.76. The van der Waals surface area contributed by atoms with Crippen LogP contribution in [0.4, 0.5) is 0 Å². The fourth-order valence-corrected chi connectivity index (χ4v) is 2.67. The molecule has 2 heterocycles. The van der Waals surface area contributed by atoms with E-state index in [1.807, 2.05) is 24.2 Å². The van der Waals surface area contributed by atoms with E-state index in [0.29, 0.717) is 0 Å². The summed E-state index contributed by atoms with van der Waals surface area (Å²) >= 11 is 1.96. The molecule has 1 aromatic rings. The maximum absolute atomic E-state index is 5.52. The van der Waals surface area contributed by atoms with Gasteiger partial charge in [0.1, 0.15) is 0 Å². The van der Waals surface area contributed by atoms with Crippen LogP contribution in [0.5, 0.6) is 0 Å². The summed E-state index contributed by atoms with van der Waals surface area (Å²) in [4.78, 5) is 4.21. The monoisotopic (exact) mass is 180 g/mol. The number of fused-ring (bicyclic) bond motifs is 1. The Balaban J connectivity index is 2.36. The Labute approximate surface area is 76.6 Å². The number of thioether (sulfide) groups is 1. The zero-order valence-corrected chi connectivity index (χ0v) is 7.73. The average molecular weight is 180 g/mol. The van der Waals surface area contributed by atoms with Crippen LogP contribution in [0.2, 0.25) is 0 Å². The highest BCUT2D eigenvalue weighted by Gasteiger charge is 2.14. The Morgan fingerprint density at radius 2 is 2.33 bits per heavy atom. The molecule has 3 heteroatoms. The lowest BCUT2D eigenvalue weighted by Crippen LogP contribution is -2.05. The zero-order valence-electron chi connectivity index (χ0n) is 6.92. The molecule has 0 bridgehead atoms. The van der Waals surface area contributed by atoms with Crippen LogP contribution >= 0.6 is 11.8 Å². The van der Waals surface area contributed by atoms with E-state index in [0.717, 1.165) is 24.5 Å². The van der Waals surface area contributed by atoms with Crippen LogP contribution in [0.1, 0.15) is 16.7 Å². The summed E-state index contributed by atoms with van der Waals surface area (Å²) in [6.07, 6.45) is 4.91. The number of hydrogen-bond acceptors (Lipinski definition) is 3. The lowest BCUT2D eigenvalue weighted by atomic mass is 10.1. The third kappa shape index (κ3) is 1.34. The molecule has 0 saturated heterocycles. The van der Waals surface area contributed by atoms with Crippen LogP contribution in [-0.2, 0) is 17.9 Å². The first kappa shape index (κ1) is 8.08. The SMILES string of the molecule is NCCc1cncc2c1CSC2. The van der Waals surface area contributed by atoms with Gasteiger partial charge in [0.2, 0.25) is 0 Å². The molecule has 0 spiro atoms. The molecule has 0 radical (unpaired) electrons. The summed E-state index contributed by atoms with van der Waals surface area (Å²) in [6, 6.07) is 0. The normalized spacial score (nSPS) is 14.8. The second-order valence-corrected chi connectivity index (χ2v) is 3.95. The van der Waals surface area contributed by atoms with Gasteiger partial charge < -0.3 is 5.73 Å². The topological polar surface area (TPSA) is 38.9 Å². The molecule has 0 amide bonds. The molecule has 12 heavy (non-hydrogen) atoms. The van der Waals surface area contributed by atoms with Crippen LogP contribution in [0.3, 0.4) is 0 Å². The predicted octanol–water partition coefficient (Wildman–Crippen LogP) is 1.33. The van der Waals surface area contributed by atoms with Gasteiger partial charge in [0.05, 0.1) is 0 Å². The first-order valence-electron chi connectivity index (χ1n) is 4.14. The van der Waals surface area contributed by atoms with Crippen LogP contribution in [0, 0.1) is 0 Å². The Morgan fingerprint density at radius 1 is 1.42 bits per heavy atom. The third-order valence-electron chi connectivity index (χ3n) is 2.15. The molecule has 0 saturated carbocycles. The van der Waals surface area contributed by atoms with E-state index in [4.69, 9.17) is 5.73 Å². The Hall–Kier alpha value is -0.540. The highest BCUT2D eigenvalue weighted by molar-refractivity contribution is 7.98. The summed E-state index contributed by atoms with van der Waals surface area (Å²) in [7, 11) is 0. The molecule has 0 aromatic carbocycles. The van der Waals surface area contributed by atoms with E-state index >= 15 is 0 Å². The number of nitrogens with two attached hydrogens (primary N) is 1. The quantitative estimate of drug-likeness (QED) is 0.746. The van der Waals surface area contributed by atoms with Gasteiger partial charge >= 0.3 is 0 Å². The summed E-state index contributed by atoms with van der Waals surface area (Å²) < 4.78 is 0. The van der Waals surface area contributed by atoms with Crippen molar-refractivity contribution in [1.29, 1.82) is 0 Å². The zero-order chi connectivity index (χ0) is 8.39. The van der Waals surface area contributed by atoms with Crippen molar-refractivity contribution in [3.8, 4) is 0 Å². The van der Waals surface area contributed by atoms with Crippen molar-refractivity contribution in [2.45, 2.75) is 17.9 Å². The van der Waals surface area contributed by atoms with Gasteiger partial charge in [-0.25, -0.2) is 0 Å². The van der Waals surface area contributed by atoms with Crippen molar-refractivity contribution in [1.82, 2.24) is 4.98 Å². The van der Waals surface area contributed by atoms with Crippen LogP contribution in [0.15, 0.2) is 12.4 Å². The molecular weight excluding hydrogens is 168 g/mol. The molecule has 0 fully saturated rings. The lowest BCUT2D eigenvalue weighted by molar-refractivity contribution is 0.941. The van der Waals surface area contributed by atoms with E-state index in [1.165, 1.54) is 16.7 Å². The number of rotatable bonds is 2. The summed E-state index contributed by atoms with van der Waals surface area (Å²) in [6.45, 7) is 0.725. The van der Waals surface area contributed by atoms with Gasteiger partial charge in [-0.1, -0.05) is 0 Å². The second kappa shape index (κ2) is 3.46. The third-order valence-corrected chi connectivity index (χ3v) is 3.16. The van der Waals surface area contributed by atoms with E-state index in [9.17, 15) is 0 Å². The van der Waals surface area contributed by atoms with Gasteiger partial charge in [-0.15, -0.1) is 0 Å². The maximum atomic E-state index is 5.52. The van der Waals surface area contributed by atoms with Gasteiger partial charge in [-0.2, -0.15) is 11.8 Å². The van der Waals surface area contributed by atoms with Gasteiger partial charge in [0, 0.05) is 23.9 Å². The van der Waals surface area contributed by atoms with Crippen LogP contribution < -0.4 is 5.73 Å². The van der Waals surface area contributed by atoms with Crippen molar-refractivity contribution in [2.75, 3.05) is 6.54 Å². The minimum Gasteiger partial charge on any atom is -0.330 e. The molecule has 2 rings (SSSR count). The van der Waals surface area contributed by atoms with E-state index < -0.39 is 0 Å². The molecule has 2 N–H and O–H groups in total. The largest absolute Gasteiger partial charge is 0.330 e. The Kier molecular flexibility index (Phi) is 2.33. The minimum atomic E-state index is 0.725. The highest BCUT2D eigenvalue weighted by atomic mass is 32.2. The molecular formula is C9H12N2S. The minimum absolute atomic E-state index is 0.725. The van der Waals surface area contributed by atoms with Crippen LogP contribution in [0.25, 0.3) is 0 Å². The Morgan fingerprint density at radius 3 is 3.17 bits per heavy atom. The maximum Gasteiger partial charge on any atom is 0.0311 e. The molecule has 1 aliphatic heterocycles. The van der Waals surface area contributed by atoms with Crippen LogP contribution in [-0.4, -0.2) is 11.5 Å². The fraction of sp³-hybridized carbons (Fsp3) is 0.444. The first-order valence-corrected chi connectivity index (χ1v) is 5.29. The van der Waals surface area contributed by atoms with Gasteiger partial charge in [-0.3, -0.25) is 4.98 Å². The van der Waals surface area contributed by atoms with E-state index in [1.54, 1.807) is 0 Å². The van der Waals surface area contributed by atoms with Crippen molar-refractivity contribution < 1.29 is 0 Å². The fourth-order valence-electron chi connectivity index (χ4n) is 1.52. The summed E-state index contributed by atoms with van der Waals surface area (Å²) in [5.74, 6) is 2.27. The Bertz CT molecular complexity index is 286. The van der Waals surface area contributed by atoms with Gasteiger partial charge in [0.25, 0.3) is 0 Å². The smallest absolute Gasteiger partial charge is 0.0311 e. The number of aromatic nitrogens is 1. The number of pyridine rings is 1. The standard InChI is InChI=1S/C9H12N2S/c10-2-1-7-3-11-4-8-5-12-6-9(7)8/h3-4H,1-2,5-6,10H2. The first-order chi connectivity index (χ1) is 5.92. The molecule has 64 valence electrons. The number of nitrogens with zero attached hydrogens (tertiary/aromatic N) is 1. The predicted molar refractivity (Wildman–Crippen MR) is 52.0 cm³/mol. The molecule has 2 nitrogen and oxygen atoms in total. The molecule has 0 atom stereocenters. The van der Waals surface area contributed by atoms with Crippen molar-refractivity contribution >= 4 is 11.8 Å². The van der Waals surface area contributed by atoms with E-state index in [2.05, 4.69) is 4.98 Å². The second-order valence-electron chi connectivity index (χ2n) is 2.97. The van der Waals surface area contributed by atoms with Crippen molar-refractivity contribution in [2.24, 2.45) is 5.73 Å². The molecule has 0 aliphatic carbocycles. The lowest BCUT2D eigenvalue weighted by Gasteiger charge is -2.04. The number of hydrogen-bond donors (Lipinski definition) is 1. The van der Waals surface area contributed by atoms with Crippen molar-refractivity contribution in [3.63, 3.8) is 0 Å². The average Bonchev–Trinajstić information content (AvgIpc) is 2.53. The van der Waals surface area contributed by atoms with Crippen molar-refractivity contribution in [3.05, 3.63) is 29.1 Å². The summed E-state index contributed by atoms with van der Waals surface area (Å²) in [5, 5.41) is 0. The molecule has 0 unspecified atom stereocenters. The van der Waals surface area contributed by atoms with Gasteiger partial charge in [-0.05, 0) is 29.7 Å². The molecule has 1 aliphatic rings. The molecule has 1 aromatic heterocycles.